The van der Waals surface area contributed by atoms with Gasteiger partial charge in [0.25, 0.3) is 0 Å². The molecular weight excluding hydrogens is 320 g/mol. The second-order valence-corrected chi connectivity index (χ2v) is 7.99. The lowest BCUT2D eigenvalue weighted by Crippen LogP contribution is -2.46. The molecule has 0 bridgehead atoms. The van der Waals surface area contributed by atoms with Crippen LogP contribution >= 0.6 is 0 Å². The number of amides is 1. The molecule has 9 heteroatoms. The lowest BCUT2D eigenvalue weighted by atomic mass is 10.2. The highest BCUT2D eigenvalue weighted by molar-refractivity contribution is 7.91. The first-order valence-electron chi connectivity index (χ1n) is 7.40. The molecule has 1 aliphatic heterocycles. The van der Waals surface area contributed by atoms with Gasteiger partial charge in [0.1, 0.15) is 17.6 Å². The van der Waals surface area contributed by atoms with Crippen molar-refractivity contribution in [2.75, 3.05) is 37.1 Å². The van der Waals surface area contributed by atoms with Crippen LogP contribution < -0.4 is 5.32 Å². The molecule has 0 aromatic carbocycles. The number of anilines is 1. The summed E-state index contributed by atoms with van der Waals surface area (Å²) in [4.78, 5) is 22.4. The minimum absolute atomic E-state index is 0.211. The summed E-state index contributed by atoms with van der Waals surface area (Å²) < 4.78 is 28.2. The Labute approximate surface area is 136 Å². The van der Waals surface area contributed by atoms with E-state index in [1.807, 2.05) is 13.8 Å². The average Bonchev–Trinajstić information content (AvgIpc) is 2.45. The van der Waals surface area contributed by atoms with Crippen molar-refractivity contribution < 1.29 is 17.9 Å². The van der Waals surface area contributed by atoms with Crippen molar-refractivity contribution in [1.29, 1.82) is 0 Å². The normalized spacial score (nSPS) is 19.0. The van der Waals surface area contributed by atoms with Gasteiger partial charge in [-0.15, -0.1) is 0 Å². The number of aromatic nitrogens is 2. The third-order valence-electron chi connectivity index (χ3n) is 3.24. The van der Waals surface area contributed by atoms with Gasteiger partial charge in [0.2, 0.25) is 5.91 Å². The van der Waals surface area contributed by atoms with E-state index >= 15 is 0 Å². The number of hydrogen-bond acceptors (Lipinski definition) is 7. The summed E-state index contributed by atoms with van der Waals surface area (Å²) in [6.45, 7) is 4.93. The number of nitrogens with zero attached hydrogens (tertiary/aromatic N) is 3. The predicted octanol–water partition coefficient (Wildman–Crippen LogP) is 0.241. The maximum absolute atomic E-state index is 12.3. The molecule has 8 nitrogen and oxygen atoms in total. The average molecular weight is 342 g/mol. The molecule has 0 radical (unpaired) electrons. The van der Waals surface area contributed by atoms with Gasteiger partial charge in [0, 0.05) is 25.0 Å². The summed E-state index contributed by atoms with van der Waals surface area (Å²) in [5.74, 6) is 0.128. The minimum atomic E-state index is -3.39. The monoisotopic (exact) mass is 342 g/mol. The van der Waals surface area contributed by atoms with E-state index in [-0.39, 0.29) is 12.6 Å². The van der Waals surface area contributed by atoms with Gasteiger partial charge in [-0.3, -0.25) is 4.79 Å². The van der Waals surface area contributed by atoms with Crippen molar-refractivity contribution in [1.82, 2.24) is 14.9 Å². The number of nitrogens with one attached hydrogen (secondary N) is 1. The van der Waals surface area contributed by atoms with Crippen LogP contribution in [0.4, 0.5) is 5.82 Å². The van der Waals surface area contributed by atoms with Crippen molar-refractivity contribution >= 4 is 21.6 Å². The molecule has 23 heavy (non-hydrogen) atoms. The van der Waals surface area contributed by atoms with E-state index < -0.39 is 27.5 Å². The Balaban J connectivity index is 2.22. The Morgan fingerprint density at radius 1 is 1.52 bits per heavy atom. The van der Waals surface area contributed by atoms with E-state index in [0.29, 0.717) is 24.8 Å². The maximum atomic E-state index is 12.3. The van der Waals surface area contributed by atoms with E-state index in [1.165, 1.54) is 4.90 Å². The molecule has 128 valence electrons. The largest absolute Gasteiger partial charge is 0.377 e. The number of ether oxygens (including phenoxy) is 1. The van der Waals surface area contributed by atoms with E-state index in [2.05, 4.69) is 15.3 Å². The van der Waals surface area contributed by atoms with E-state index in [9.17, 15) is 13.2 Å². The highest BCUT2D eigenvalue weighted by Crippen LogP contribution is 2.22. The number of carbonyl (C=O) groups is 1. The Kier molecular flexibility index (Phi) is 5.53. The first-order chi connectivity index (χ1) is 10.8. The van der Waals surface area contributed by atoms with Gasteiger partial charge < -0.3 is 15.0 Å². The second kappa shape index (κ2) is 7.22. The highest BCUT2D eigenvalue weighted by atomic mass is 32.2. The van der Waals surface area contributed by atoms with Crippen LogP contribution in [0.2, 0.25) is 0 Å². The maximum Gasteiger partial charge on any atom is 0.238 e. The molecule has 2 rings (SSSR count). The molecule has 1 aromatic heterocycles. The number of rotatable bonds is 5. The molecule has 1 saturated heterocycles. The first-order valence-corrected chi connectivity index (χ1v) is 9.47. The van der Waals surface area contributed by atoms with Crippen LogP contribution in [0, 0.1) is 0 Å². The van der Waals surface area contributed by atoms with Crippen LogP contribution in [0.25, 0.3) is 0 Å². The van der Waals surface area contributed by atoms with Crippen LogP contribution in [0.5, 0.6) is 0 Å². The zero-order valence-electron chi connectivity index (χ0n) is 13.5. The lowest BCUT2D eigenvalue weighted by molar-refractivity contribution is -0.137. The van der Waals surface area contributed by atoms with Gasteiger partial charge in [0.15, 0.2) is 15.7 Å². The summed E-state index contributed by atoms with van der Waals surface area (Å²) in [6.07, 6.45) is 2.66. The third kappa shape index (κ3) is 5.14. The molecule has 0 unspecified atom stereocenters. The summed E-state index contributed by atoms with van der Waals surface area (Å²) in [7, 11) is -3.39. The van der Waals surface area contributed by atoms with Crippen LogP contribution in [0.3, 0.4) is 0 Å². The number of carbonyl (C=O) groups excluding carboxylic acids is 1. The van der Waals surface area contributed by atoms with Crippen LogP contribution in [-0.4, -0.2) is 67.0 Å². The standard InChI is InChI=1S/C14H22N4O4S/c1-10(2)16-12-4-5-15-14(17-12)11-8-22-7-6-18(11)13(19)9-23(3,20)21/h4-5,10-11H,6-9H2,1-3H3,(H,15,16,17)/t11-/m1/s1. The minimum Gasteiger partial charge on any atom is -0.377 e. The third-order valence-corrected chi connectivity index (χ3v) is 4.01. The van der Waals surface area contributed by atoms with Gasteiger partial charge >= 0.3 is 0 Å². The summed E-state index contributed by atoms with van der Waals surface area (Å²) >= 11 is 0. The van der Waals surface area contributed by atoms with Crippen molar-refractivity contribution in [3.8, 4) is 0 Å². The fourth-order valence-electron chi connectivity index (χ4n) is 2.33. The van der Waals surface area contributed by atoms with E-state index in [1.54, 1.807) is 12.3 Å². The van der Waals surface area contributed by atoms with Crippen LogP contribution in [0.15, 0.2) is 12.3 Å². The Hall–Kier alpha value is -1.74. The van der Waals surface area contributed by atoms with Crippen molar-refractivity contribution in [3.63, 3.8) is 0 Å². The summed E-state index contributed by atoms with van der Waals surface area (Å²) in [5, 5.41) is 3.18. The Bertz CT molecular complexity index is 662. The summed E-state index contributed by atoms with van der Waals surface area (Å²) in [5.41, 5.74) is 0. The van der Waals surface area contributed by atoms with E-state index in [4.69, 9.17) is 4.74 Å². The molecule has 0 aliphatic carbocycles. The van der Waals surface area contributed by atoms with Crippen molar-refractivity contribution in [2.24, 2.45) is 0 Å². The van der Waals surface area contributed by atoms with Gasteiger partial charge in [-0.25, -0.2) is 18.4 Å². The molecule has 2 heterocycles. The molecule has 1 amide bonds. The fourth-order valence-corrected chi connectivity index (χ4v) is 2.95. The quantitative estimate of drug-likeness (QED) is 0.818. The first kappa shape index (κ1) is 17.6. The predicted molar refractivity (Wildman–Crippen MR) is 85.8 cm³/mol. The zero-order chi connectivity index (χ0) is 17.0. The van der Waals surface area contributed by atoms with Gasteiger partial charge in [-0.2, -0.15) is 0 Å². The number of sulfone groups is 1. The Morgan fingerprint density at radius 3 is 2.91 bits per heavy atom. The van der Waals surface area contributed by atoms with Gasteiger partial charge in [-0.05, 0) is 19.9 Å². The molecule has 1 N–H and O–H groups in total. The molecule has 0 spiro atoms. The number of morpholine rings is 1. The lowest BCUT2D eigenvalue weighted by Gasteiger charge is -2.34. The van der Waals surface area contributed by atoms with Gasteiger partial charge in [-0.1, -0.05) is 0 Å². The Morgan fingerprint density at radius 2 is 2.26 bits per heavy atom. The van der Waals surface area contributed by atoms with Crippen LogP contribution in [0.1, 0.15) is 25.7 Å². The fraction of sp³-hybridized carbons (Fsp3) is 0.643. The smallest absolute Gasteiger partial charge is 0.238 e. The number of hydrogen-bond donors (Lipinski definition) is 1. The zero-order valence-corrected chi connectivity index (χ0v) is 14.3. The SMILES string of the molecule is CC(C)Nc1ccnc([C@H]2COCCN2C(=O)CS(C)(=O)=O)n1. The molecular formula is C14H22N4O4S. The second-order valence-electron chi connectivity index (χ2n) is 5.85. The van der Waals surface area contributed by atoms with Crippen LogP contribution in [-0.2, 0) is 19.4 Å². The molecule has 1 fully saturated rings. The molecule has 1 atom stereocenters. The van der Waals surface area contributed by atoms with E-state index in [0.717, 1.165) is 6.26 Å². The van der Waals surface area contributed by atoms with Gasteiger partial charge in [0.05, 0.1) is 13.2 Å². The molecule has 0 saturated carbocycles. The highest BCUT2D eigenvalue weighted by Gasteiger charge is 2.32. The summed E-state index contributed by atoms with van der Waals surface area (Å²) in [6, 6.07) is 1.48. The topological polar surface area (TPSA) is 101 Å². The molecule has 1 aromatic rings. The van der Waals surface area contributed by atoms with Crippen molar-refractivity contribution in [2.45, 2.75) is 25.9 Å². The van der Waals surface area contributed by atoms with Crippen molar-refractivity contribution in [3.05, 3.63) is 18.1 Å². The molecule has 1 aliphatic rings.